The van der Waals surface area contributed by atoms with Crippen LogP contribution in [0.1, 0.15) is 6.23 Å². The lowest BCUT2D eigenvalue weighted by Gasteiger charge is -2.16. The second kappa shape index (κ2) is 5.10. The summed E-state index contributed by atoms with van der Waals surface area (Å²) in [5.41, 5.74) is -1.15. The van der Waals surface area contributed by atoms with E-state index in [9.17, 15) is 19.1 Å². The van der Waals surface area contributed by atoms with Gasteiger partial charge in [-0.1, -0.05) is 22.6 Å². The molecule has 0 radical (unpaired) electrons. The molecule has 1 N–H and O–H groups in total. The second-order valence-corrected chi connectivity index (χ2v) is 4.94. The minimum absolute atomic E-state index is 0.413. The average Bonchev–Trinajstić information content (AvgIpc) is 2.64. The number of nitrogens with zero attached hydrogens (tertiary/aromatic N) is 2. The normalized spacial score (nSPS) is 31.8. The van der Waals surface area contributed by atoms with Crippen molar-refractivity contribution in [2.24, 2.45) is 7.05 Å². The Kier molecular flexibility index (Phi) is 3.87. The lowest BCUT2D eigenvalue weighted by Crippen LogP contribution is -2.40. The zero-order chi connectivity index (χ0) is 13.4. The number of rotatable bonds is 2. The Morgan fingerprint density at radius 1 is 1.56 bits per heavy atom. The number of aliphatic hydroxyl groups excluding tert-OH is 1. The highest BCUT2D eigenvalue weighted by Gasteiger charge is 2.45. The van der Waals surface area contributed by atoms with Crippen molar-refractivity contribution in [2.75, 3.05) is 4.43 Å². The molecule has 1 aromatic rings. The molecule has 8 heteroatoms. The fraction of sp³-hybridized carbons (Fsp3) is 0.600. The number of hydrogen-bond donors (Lipinski definition) is 1. The highest BCUT2D eigenvalue weighted by molar-refractivity contribution is 14.1. The van der Waals surface area contributed by atoms with E-state index in [1.54, 1.807) is 0 Å². The number of aliphatic hydroxyl groups is 1. The van der Waals surface area contributed by atoms with Gasteiger partial charge in [0, 0.05) is 23.7 Å². The summed E-state index contributed by atoms with van der Waals surface area (Å²) < 4.78 is 21.5. The van der Waals surface area contributed by atoms with Crippen molar-refractivity contribution >= 4 is 22.6 Å². The summed E-state index contributed by atoms with van der Waals surface area (Å²) in [6.45, 7) is 0. The Bertz CT molecular complexity index is 558. The molecule has 0 aliphatic carbocycles. The van der Waals surface area contributed by atoms with Crippen molar-refractivity contribution in [3.05, 3.63) is 33.1 Å². The fourth-order valence-corrected chi connectivity index (χ4v) is 2.56. The van der Waals surface area contributed by atoms with Gasteiger partial charge in [0.05, 0.1) is 6.10 Å². The molecule has 18 heavy (non-hydrogen) atoms. The van der Waals surface area contributed by atoms with Crippen LogP contribution < -0.4 is 11.2 Å². The number of aromatic nitrogens is 2. The number of alkyl halides is 2. The molecule has 2 rings (SSSR count). The standard InChI is InChI=1S/C10H12FIN2O4/c1-13-6(15)2-3-14(10(13)17)9-7(11)8(16)5(4-12)18-9/h2-3,5,7-9,16H,4H2,1H3/t5-,7-,8-,9-/m1/s1. The summed E-state index contributed by atoms with van der Waals surface area (Å²) >= 11 is 1.97. The zero-order valence-electron chi connectivity index (χ0n) is 9.49. The predicted molar refractivity (Wildman–Crippen MR) is 69.6 cm³/mol. The van der Waals surface area contributed by atoms with Crippen LogP contribution in [0.3, 0.4) is 0 Å². The minimum Gasteiger partial charge on any atom is -0.387 e. The van der Waals surface area contributed by atoms with Crippen molar-refractivity contribution in [2.45, 2.75) is 24.6 Å². The average molecular weight is 370 g/mol. The van der Waals surface area contributed by atoms with Crippen LogP contribution >= 0.6 is 22.6 Å². The van der Waals surface area contributed by atoms with E-state index in [1.165, 1.54) is 13.2 Å². The monoisotopic (exact) mass is 370 g/mol. The molecule has 0 spiro atoms. The Hall–Kier alpha value is -0.740. The van der Waals surface area contributed by atoms with Crippen molar-refractivity contribution in [1.29, 1.82) is 0 Å². The van der Waals surface area contributed by atoms with Crippen LogP contribution in [-0.2, 0) is 11.8 Å². The van der Waals surface area contributed by atoms with E-state index in [2.05, 4.69) is 0 Å². The summed E-state index contributed by atoms with van der Waals surface area (Å²) in [6.07, 6.45) is -3.63. The van der Waals surface area contributed by atoms with Gasteiger partial charge in [0.1, 0.15) is 6.10 Å². The third kappa shape index (κ3) is 2.12. The van der Waals surface area contributed by atoms with E-state index in [0.29, 0.717) is 4.43 Å². The van der Waals surface area contributed by atoms with Gasteiger partial charge in [0.25, 0.3) is 5.56 Å². The molecule has 1 aliphatic heterocycles. The van der Waals surface area contributed by atoms with Gasteiger partial charge in [-0.15, -0.1) is 0 Å². The Labute approximate surface area is 115 Å². The van der Waals surface area contributed by atoms with E-state index < -0.39 is 35.9 Å². The topological polar surface area (TPSA) is 73.5 Å². The van der Waals surface area contributed by atoms with Crippen LogP contribution in [0.2, 0.25) is 0 Å². The van der Waals surface area contributed by atoms with Crippen LogP contribution in [0.25, 0.3) is 0 Å². The third-order valence-electron chi connectivity index (χ3n) is 2.94. The molecule has 1 aromatic heterocycles. The first-order valence-electron chi connectivity index (χ1n) is 5.29. The molecule has 1 fully saturated rings. The maximum Gasteiger partial charge on any atom is 0.332 e. The van der Waals surface area contributed by atoms with E-state index in [4.69, 9.17) is 4.74 Å². The molecular formula is C10H12FIN2O4. The lowest BCUT2D eigenvalue weighted by atomic mass is 10.2. The van der Waals surface area contributed by atoms with Crippen LogP contribution in [0.5, 0.6) is 0 Å². The van der Waals surface area contributed by atoms with E-state index >= 15 is 0 Å². The maximum atomic E-state index is 13.9. The van der Waals surface area contributed by atoms with Crippen LogP contribution in [0.15, 0.2) is 21.9 Å². The van der Waals surface area contributed by atoms with Crippen LogP contribution in [0.4, 0.5) is 4.39 Å². The molecule has 0 saturated carbocycles. The van der Waals surface area contributed by atoms with Gasteiger partial charge in [-0.3, -0.25) is 13.9 Å². The summed E-state index contributed by atoms with van der Waals surface area (Å²) in [7, 11) is 1.30. The molecule has 0 bridgehead atoms. The van der Waals surface area contributed by atoms with Gasteiger partial charge in [0.2, 0.25) is 0 Å². The van der Waals surface area contributed by atoms with Gasteiger partial charge >= 0.3 is 5.69 Å². The Morgan fingerprint density at radius 2 is 2.22 bits per heavy atom. The first-order valence-corrected chi connectivity index (χ1v) is 6.81. The van der Waals surface area contributed by atoms with Crippen molar-refractivity contribution < 1.29 is 14.2 Å². The Balaban J connectivity index is 2.42. The molecule has 0 amide bonds. The number of hydrogen-bond acceptors (Lipinski definition) is 4. The molecule has 6 nitrogen and oxygen atoms in total. The van der Waals surface area contributed by atoms with Crippen LogP contribution in [-0.4, -0.2) is 37.0 Å². The summed E-state index contributed by atoms with van der Waals surface area (Å²) in [6, 6.07) is 1.15. The molecule has 4 atom stereocenters. The summed E-state index contributed by atoms with van der Waals surface area (Å²) in [5.74, 6) is 0. The van der Waals surface area contributed by atoms with Crippen molar-refractivity contribution in [1.82, 2.24) is 9.13 Å². The van der Waals surface area contributed by atoms with Gasteiger partial charge in [0.15, 0.2) is 12.4 Å². The van der Waals surface area contributed by atoms with E-state index in [-0.39, 0.29) is 0 Å². The highest BCUT2D eigenvalue weighted by atomic mass is 127. The Morgan fingerprint density at radius 3 is 2.78 bits per heavy atom. The van der Waals surface area contributed by atoms with Gasteiger partial charge in [-0.25, -0.2) is 9.18 Å². The van der Waals surface area contributed by atoms with E-state index in [0.717, 1.165) is 15.2 Å². The predicted octanol–water partition coefficient (Wildman–Crippen LogP) is -0.422. The van der Waals surface area contributed by atoms with Crippen molar-refractivity contribution in [3.8, 4) is 0 Å². The summed E-state index contributed by atoms with van der Waals surface area (Å²) in [4.78, 5) is 23.1. The second-order valence-electron chi connectivity index (χ2n) is 4.06. The molecule has 100 valence electrons. The van der Waals surface area contributed by atoms with Crippen LogP contribution in [0, 0.1) is 0 Å². The molecule has 0 aromatic carbocycles. The fourth-order valence-electron chi connectivity index (χ4n) is 1.84. The molecular weight excluding hydrogens is 358 g/mol. The quantitative estimate of drug-likeness (QED) is 0.567. The highest BCUT2D eigenvalue weighted by Crippen LogP contribution is 2.31. The maximum absolute atomic E-state index is 13.9. The molecule has 2 heterocycles. The minimum atomic E-state index is -1.69. The molecule has 1 saturated heterocycles. The number of halogens is 2. The first kappa shape index (κ1) is 13.7. The zero-order valence-corrected chi connectivity index (χ0v) is 11.7. The smallest absolute Gasteiger partial charge is 0.332 e. The third-order valence-corrected chi connectivity index (χ3v) is 3.80. The molecule has 0 unspecified atom stereocenters. The van der Waals surface area contributed by atoms with Crippen molar-refractivity contribution in [3.63, 3.8) is 0 Å². The first-order chi connectivity index (χ1) is 8.47. The SMILES string of the molecule is Cn1c(=O)ccn([C@@H]2O[C@H](CI)[C@@H](O)[C@H]2F)c1=O. The number of ether oxygens (including phenoxy) is 1. The lowest BCUT2D eigenvalue weighted by molar-refractivity contribution is -0.0159. The molecule has 1 aliphatic rings. The van der Waals surface area contributed by atoms with E-state index in [1.807, 2.05) is 22.6 Å². The van der Waals surface area contributed by atoms with Gasteiger partial charge < -0.3 is 9.84 Å². The largest absolute Gasteiger partial charge is 0.387 e. The van der Waals surface area contributed by atoms with Gasteiger partial charge in [-0.05, 0) is 0 Å². The summed E-state index contributed by atoms with van der Waals surface area (Å²) in [5, 5.41) is 9.62. The van der Waals surface area contributed by atoms with Gasteiger partial charge in [-0.2, -0.15) is 0 Å².